The molecule has 4 nitrogen and oxygen atoms in total. The average molecular weight is 289 g/mol. The predicted octanol–water partition coefficient (Wildman–Crippen LogP) is 2.66. The molecule has 1 fully saturated rings. The van der Waals surface area contributed by atoms with Crippen molar-refractivity contribution in [2.75, 3.05) is 20.1 Å². The Balaban J connectivity index is 1.68. The number of hydrogen-bond donors (Lipinski definition) is 1. The van der Waals surface area contributed by atoms with Crippen molar-refractivity contribution < 1.29 is 8.81 Å². The molecule has 1 aromatic heterocycles. The third-order valence-electron chi connectivity index (χ3n) is 3.92. The summed E-state index contributed by atoms with van der Waals surface area (Å²) in [5.41, 5.74) is 1.57. The summed E-state index contributed by atoms with van der Waals surface area (Å²) in [6.45, 7) is 2.88. The van der Waals surface area contributed by atoms with E-state index in [-0.39, 0.29) is 5.82 Å². The molecule has 1 aliphatic heterocycles. The lowest BCUT2D eigenvalue weighted by Crippen LogP contribution is -2.43. The second-order valence-corrected chi connectivity index (χ2v) is 5.52. The van der Waals surface area contributed by atoms with Gasteiger partial charge >= 0.3 is 0 Å². The zero-order chi connectivity index (χ0) is 14.7. The Kier molecular flexibility index (Phi) is 4.31. The quantitative estimate of drug-likeness (QED) is 0.939. The molecule has 2 heterocycles. The van der Waals surface area contributed by atoms with E-state index in [4.69, 9.17) is 4.42 Å². The molecular formula is C16H20FN3O. The lowest BCUT2D eigenvalue weighted by molar-refractivity contribution is 0.186. The zero-order valence-electron chi connectivity index (χ0n) is 12.2. The molecule has 1 N–H and O–H groups in total. The first-order valence-electron chi connectivity index (χ1n) is 7.34. The fourth-order valence-corrected chi connectivity index (χ4v) is 2.80. The van der Waals surface area contributed by atoms with Gasteiger partial charge < -0.3 is 9.73 Å². The fraction of sp³-hybridized carbons (Fsp3) is 0.438. The van der Waals surface area contributed by atoms with Crippen molar-refractivity contribution in [2.24, 2.45) is 0 Å². The van der Waals surface area contributed by atoms with Crippen molar-refractivity contribution in [3.05, 3.63) is 42.0 Å². The van der Waals surface area contributed by atoms with Crippen LogP contribution in [0.4, 0.5) is 4.39 Å². The lowest BCUT2D eigenvalue weighted by Gasteiger charge is -2.31. The van der Waals surface area contributed by atoms with Crippen LogP contribution in [0.2, 0.25) is 0 Å². The van der Waals surface area contributed by atoms with Crippen molar-refractivity contribution in [1.29, 1.82) is 0 Å². The van der Waals surface area contributed by atoms with Crippen molar-refractivity contribution in [1.82, 2.24) is 15.2 Å². The Morgan fingerprint density at radius 1 is 1.48 bits per heavy atom. The summed E-state index contributed by atoms with van der Waals surface area (Å²) in [5.74, 6) is 0.201. The van der Waals surface area contributed by atoms with Crippen LogP contribution in [0.15, 0.2) is 34.9 Å². The highest BCUT2D eigenvalue weighted by Crippen LogP contribution is 2.21. The van der Waals surface area contributed by atoms with Crippen LogP contribution in [0.5, 0.6) is 0 Å². The molecule has 0 spiro atoms. The normalized spacial score (nSPS) is 19.8. The standard InChI is InChI=1S/C16H20FN3O/c1-18-14-6-3-7-20(9-14)10-15-11-21-16(19-15)12-4-2-5-13(17)8-12/h2,4-5,8,11,14,18H,3,6-7,9-10H2,1H3. The summed E-state index contributed by atoms with van der Waals surface area (Å²) in [6, 6.07) is 6.87. The third-order valence-corrected chi connectivity index (χ3v) is 3.92. The number of benzene rings is 1. The fourth-order valence-electron chi connectivity index (χ4n) is 2.80. The SMILES string of the molecule is CNC1CCCN(Cc2coc(-c3cccc(F)c3)n2)C1. The van der Waals surface area contributed by atoms with E-state index in [0.717, 1.165) is 25.3 Å². The highest BCUT2D eigenvalue weighted by atomic mass is 19.1. The lowest BCUT2D eigenvalue weighted by atomic mass is 10.1. The Morgan fingerprint density at radius 2 is 2.38 bits per heavy atom. The average Bonchev–Trinajstić information content (AvgIpc) is 2.96. The first-order chi connectivity index (χ1) is 10.2. The molecule has 0 saturated carbocycles. The Bertz CT molecular complexity index is 599. The molecule has 112 valence electrons. The number of nitrogens with zero attached hydrogens (tertiary/aromatic N) is 2. The molecular weight excluding hydrogens is 269 g/mol. The number of likely N-dealkylation sites (tertiary alicyclic amines) is 1. The second-order valence-electron chi connectivity index (χ2n) is 5.52. The number of halogens is 1. The predicted molar refractivity (Wildman–Crippen MR) is 79.3 cm³/mol. The topological polar surface area (TPSA) is 41.3 Å². The molecule has 1 saturated heterocycles. The number of oxazole rings is 1. The van der Waals surface area contributed by atoms with Gasteiger partial charge in [-0.05, 0) is 44.6 Å². The molecule has 2 aromatic rings. The maximum atomic E-state index is 13.2. The minimum atomic E-state index is -0.278. The highest BCUT2D eigenvalue weighted by Gasteiger charge is 2.19. The van der Waals surface area contributed by atoms with Gasteiger partial charge in [-0.2, -0.15) is 0 Å². The van der Waals surface area contributed by atoms with Crippen LogP contribution >= 0.6 is 0 Å². The number of aromatic nitrogens is 1. The minimum absolute atomic E-state index is 0.278. The van der Waals surface area contributed by atoms with Gasteiger partial charge in [0.05, 0.1) is 5.69 Å². The molecule has 1 atom stereocenters. The first kappa shape index (κ1) is 14.2. The summed E-state index contributed by atoms with van der Waals surface area (Å²) in [6.07, 6.45) is 4.09. The molecule has 1 aromatic carbocycles. The summed E-state index contributed by atoms with van der Waals surface area (Å²) >= 11 is 0. The molecule has 1 aliphatic rings. The number of likely N-dealkylation sites (N-methyl/N-ethyl adjacent to an activating group) is 1. The van der Waals surface area contributed by atoms with Gasteiger partial charge in [-0.25, -0.2) is 9.37 Å². The van der Waals surface area contributed by atoms with E-state index in [1.165, 1.54) is 25.0 Å². The smallest absolute Gasteiger partial charge is 0.226 e. The molecule has 0 amide bonds. The highest BCUT2D eigenvalue weighted by molar-refractivity contribution is 5.52. The van der Waals surface area contributed by atoms with Crippen molar-refractivity contribution in [3.8, 4) is 11.5 Å². The van der Waals surface area contributed by atoms with Gasteiger partial charge in [-0.15, -0.1) is 0 Å². The van der Waals surface area contributed by atoms with Crippen LogP contribution < -0.4 is 5.32 Å². The Labute approximate surface area is 124 Å². The van der Waals surface area contributed by atoms with Crippen LogP contribution in [0, 0.1) is 5.82 Å². The van der Waals surface area contributed by atoms with Crippen LogP contribution in [-0.2, 0) is 6.54 Å². The van der Waals surface area contributed by atoms with Gasteiger partial charge in [0.2, 0.25) is 5.89 Å². The maximum Gasteiger partial charge on any atom is 0.226 e. The summed E-state index contributed by atoms with van der Waals surface area (Å²) in [5, 5.41) is 3.33. The van der Waals surface area contributed by atoms with E-state index in [0.29, 0.717) is 17.5 Å². The van der Waals surface area contributed by atoms with Gasteiger partial charge in [0, 0.05) is 24.7 Å². The van der Waals surface area contributed by atoms with Crippen LogP contribution in [0.1, 0.15) is 18.5 Å². The maximum absolute atomic E-state index is 13.2. The van der Waals surface area contributed by atoms with E-state index in [9.17, 15) is 4.39 Å². The number of rotatable bonds is 4. The van der Waals surface area contributed by atoms with E-state index < -0.39 is 0 Å². The minimum Gasteiger partial charge on any atom is -0.444 e. The van der Waals surface area contributed by atoms with Crippen molar-refractivity contribution in [2.45, 2.75) is 25.4 Å². The molecule has 21 heavy (non-hydrogen) atoms. The van der Waals surface area contributed by atoms with E-state index >= 15 is 0 Å². The van der Waals surface area contributed by atoms with Gasteiger partial charge in [-0.3, -0.25) is 4.90 Å². The van der Waals surface area contributed by atoms with Crippen molar-refractivity contribution >= 4 is 0 Å². The molecule has 1 unspecified atom stereocenters. The van der Waals surface area contributed by atoms with E-state index in [1.54, 1.807) is 18.4 Å². The first-order valence-corrected chi connectivity index (χ1v) is 7.34. The monoisotopic (exact) mass is 289 g/mol. The molecule has 0 bridgehead atoms. The largest absolute Gasteiger partial charge is 0.444 e. The van der Waals surface area contributed by atoms with Gasteiger partial charge in [0.15, 0.2) is 0 Å². The van der Waals surface area contributed by atoms with E-state index in [2.05, 4.69) is 15.2 Å². The van der Waals surface area contributed by atoms with Crippen LogP contribution in [0.25, 0.3) is 11.5 Å². The van der Waals surface area contributed by atoms with Crippen LogP contribution in [0.3, 0.4) is 0 Å². The number of hydrogen-bond acceptors (Lipinski definition) is 4. The molecule has 0 radical (unpaired) electrons. The van der Waals surface area contributed by atoms with Gasteiger partial charge in [0.25, 0.3) is 0 Å². The molecule has 5 heteroatoms. The van der Waals surface area contributed by atoms with Gasteiger partial charge in [-0.1, -0.05) is 6.07 Å². The summed E-state index contributed by atoms with van der Waals surface area (Å²) in [4.78, 5) is 6.84. The molecule has 0 aliphatic carbocycles. The number of nitrogens with one attached hydrogen (secondary N) is 1. The molecule has 3 rings (SSSR count). The van der Waals surface area contributed by atoms with Crippen molar-refractivity contribution in [3.63, 3.8) is 0 Å². The third kappa shape index (κ3) is 3.49. The van der Waals surface area contributed by atoms with E-state index in [1.807, 2.05) is 7.05 Å². The Morgan fingerprint density at radius 3 is 3.19 bits per heavy atom. The van der Waals surface area contributed by atoms with Crippen LogP contribution in [-0.4, -0.2) is 36.1 Å². The zero-order valence-corrected chi connectivity index (χ0v) is 12.2. The summed E-state index contributed by atoms with van der Waals surface area (Å²) < 4.78 is 18.7. The Hall–Kier alpha value is -1.72. The summed E-state index contributed by atoms with van der Waals surface area (Å²) in [7, 11) is 2.01. The number of piperidine rings is 1. The second kappa shape index (κ2) is 6.37. The van der Waals surface area contributed by atoms with Gasteiger partial charge in [0.1, 0.15) is 12.1 Å².